The third-order valence-electron chi connectivity index (χ3n) is 3.77. The van der Waals surface area contributed by atoms with Crippen LogP contribution in [0.15, 0.2) is 30.3 Å². The maximum absolute atomic E-state index is 12.1. The van der Waals surface area contributed by atoms with E-state index in [1.54, 1.807) is 4.90 Å². The van der Waals surface area contributed by atoms with Gasteiger partial charge in [0.2, 0.25) is 0 Å². The average molecular weight is 317 g/mol. The summed E-state index contributed by atoms with van der Waals surface area (Å²) in [6.45, 7) is 3.01. The number of nitrogens with one attached hydrogen (secondary N) is 1. The molecule has 1 unspecified atom stereocenters. The second-order valence-electron chi connectivity index (χ2n) is 5.50. The number of urea groups is 1. The summed E-state index contributed by atoms with van der Waals surface area (Å²) in [6, 6.07) is 9.98. The molecule has 0 radical (unpaired) electrons. The van der Waals surface area contributed by atoms with Gasteiger partial charge in [0, 0.05) is 24.4 Å². The number of aromatic nitrogens is 1. The van der Waals surface area contributed by atoms with Crippen molar-refractivity contribution in [2.75, 3.05) is 18.4 Å². The maximum atomic E-state index is 12.1. The Balaban J connectivity index is 1.66. The zero-order valence-corrected chi connectivity index (χ0v) is 13.3. The van der Waals surface area contributed by atoms with Crippen LogP contribution in [-0.4, -0.2) is 40.2 Å². The molecule has 2 N–H and O–H groups in total. The van der Waals surface area contributed by atoms with Crippen LogP contribution in [0.5, 0.6) is 0 Å². The van der Waals surface area contributed by atoms with Crippen LogP contribution in [0.25, 0.3) is 0 Å². The summed E-state index contributed by atoms with van der Waals surface area (Å²) in [6.07, 6.45) is 1.00. The summed E-state index contributed by atoms with van der Waals surface area (Å²) in [5.41, 5.74) is 2.20. The SMILES string of the molecule is Cc1sc(NC(=O)N2CCC(O)C2)nc1Cc1ccccc1. The van der Waals surface area contributed by atoms with Crippen molar-refractivity contribution >= 4 is 22.5 Å². The number of thiazole rings is 1. The first-order valence-electron chi connectivity index (χ1n) is 7.36. The summed E-state index contributed by atoms with van der Waals surface area (Å²) in [5.74, 6) is 0. The molecule has 0 aliphatic carbocycles. The molecule has 2 aromatic rings. The lowest BCUT2D eigenvalue weighted by molar-refractivity contribution is 0.176. The number of β-amino-alcohol motifs (C(OH)–C–C–N with tert-alkyl or cyclic N) is 1. The maximum Gasteiger partial charge on any atom is 0.323 e. The highest BCUT2D eigenvalue weighted by Crippen LogP contribution is 2.24. The van der Waals surface area contributed by atoms with E-state index in [4.69, 9.17) is 0 Å². The number of anilines is 1. The lowest BCUT2D eigenvalue weighted by Crippen LogP contribution is -2.33. The van der Waals surface area contributed by atoms with E-state index in [-0.39, 0.29) is 6.03 Å². The molecule has 1 aliphatic rings. The molecule has 0 saturated carbocycles. The normalized spacial score (nSPS) is 17.7. The Kier molecular flexibility index (Phi) is 4.40. The van der Waals surface area contributed by atoms with Gasteiger partial charge in [-0.15, -0.1) is 11.3 Å². The number of carbonyl (C=O) groups is 1. The molecule has 22 heavy (non-hydrogen) atoms. The zero-order valence-electron chi connectivity index (χ0n) is 12.5. The third kappa shape index (κ3) is 3.45. The van der Waals surface area contributed by atoms with Crippen molar-refractivity contribution in [2.45, 2.75) is 25.9 Å². The molecule has 1 aromatic heterocycles. The standard InChI is InChI=1S/C16H19N3O2S/c1-11-14(9-12-5-3-2-4-6-12)17-15(22-11)18-16(21)19-8-7-13(20)10-19/h2-6,13,20H,7-10H2,1H3,(H,17,18,21). The van der Waals surface area contributed by atoms with Gasteiger partial charge in [-0.1, -0.05) is 30.3 Å². The molecule has 1 atom stereocenters. The number of aryl methyl sites for hydroxylation is 1. The van der Waals surface area contributed by atoms with Gasteiger partial charge in [-0.3, -0.25) is 5.32 Å². The van der Waals surface area contributed by atoms with Crippen molar-refractivity contribution in [1.29, 1.82) is 0 Å². The number of aliphatic hydroxyl groups is 1. The summed E-state index contributed by atoms with van der Waals surface area (Å²) in [5, 5.41) is 12.9. The van der Waals surface area contributed by atoms with Crippen LogP contribution in [0.3, 0.4) is 0 Å². The van der Waals surface area contributed by atoms with E-state index in [1.807, 2.05) is 25.1 Å². The number of nitrogens with zero attached hydrogens (tertiary/aromatic N) is 2. The zero-order chi connectivity index (χ0) is 15.5. The van der Waals surface area contributed by atoms with Gasteiger partial charge >= 0.3 is 6.03 Å². The molecule has 5 nitrogen and oxygen atoms in total. The topological polar surface area (TPSA) is 65.5 Å². The van der Waals surface area contributed by atoms with E-state index in [0.717, 1.165) is 17.0 Å². The number of rotatable bonds is 3. The van der Waals surface area contributed by atoms with Crippen LogP contribution < -0.4 is 5.32 Å². The van der Waals surface area contributed by atoms with Crippen LogP contribution in [0.2, 0.25) is 0 Å². The quantitative estimate of drug-likeness (QED) is 0.914. The largest absolute Gasteiger partial charge is 0.391 e. The molecular formula is C16H19N3O2S. The molecule has 3 rings (SSSR count). The molecule has 1 aromatic carbocycles. The van der Waals surface area contributed by atoms with Crippen LogP contribution in [0, 0.1) is 6.92 Å². The van der Waals surface area contributed by atoms with Crippen molar-refractivity contribution in [2.24, 2.45) is 0 Å². The van der Waals surface area contributed by atoms with E-state index in [1.165, 1.54) is 16.9 Å². The van der Waals surface area contributed by atoms with Crippen LogP contribution in [-0.2, 0) is 6.42 Å². The summed E-state index contributed by atoms with van der Waals surface area (Å²) >= 11 is 1.49. The lowest BCUT2D eigenvalue weighted by Gasteiger charge is -2.14. The van der Waals surface area contributed by atoms with Gasteiger partial charge < -0.3 is 10.0 Å². The second kappa shape index (κ2) is 6.46. The minimum atomic E-state index is -0.405. The molecule has 1 aliphatic heterocycles. The smallest absolute Gasteiger partial charge is 0.323 e. The number of hydrogen-bond donors (Lipinski definition) is 2. The predicted molar refractivity (Wildman–Crippen MR) is 87.3 cm³/mol. The van der Waals surface area contributed by atoms with Crippen LogP contribution >= 0.6 is 11.3 Å². The van der Waals surface area contributed by atoms with Gasteiger partial charge in [0.25, 0.3) is 0 Å². The summed E-state index contributed by atoms with van der Waals surface area (Å²) < 4.78 is 0. The van der Waals surface area contributed by atoms with Crippen molar-refractivity contribution in [3.8, 4) is 0 Å². The molecule has 116 valence electrons. The Morgan fingerprint density at radius 1 is 1.45 bits per heavy atom. The number of aliphatic hydroxyl groups excluding tert-OH is 1. The van der Waals surface area contributed by atoms with Gasteiger partial charge in [-0.25, -0.2) is 9.78 Å². The first-order chi connectivity index (χ1) is 10.6. The van der Waals surface area contributed by atoms with Gasteiger partial charge in [-0.05, 0) is 18.9 Å². The van der Waals surface area contributed by atoms with Crippen LogP contribution in [0.4, 0.5) is 9.93 Å². The number of carbonyl (C=O) groups excluding carboxylic acids is 1. The van der Waals surface area contributed by atoms with Crippen LogP contribution in [0.1, 0.15) is 22.6 Å². The third-order valence-corrected chi connectivity index (χ3v) is 4.70. The van der Waals surface area contributed by atoms with E-state index in [0.29, 0.717) is 24.6 Å². The Morgan fingerprint density at radius 2 is 2.23 bits per heavy atom. The predicted octanol–water partition coefficient (Wildman–Crippen LogP) is 2.64. The fourth-order valence-electron chi connectivity index (χ4n) is 2.53. The molecule has 1 fully saturated rings. The van der Waals surface area contributed by atoms with E-state index >= 15 is 0 Å². The minimum Gasteiger partial charge on any atom is -0.391 e. The van der Waals surface area contributed by atoms with Crippen molar-refractivity contribution < 1.29 is 9.90 Å². The fourth-order valence-corrected chi connectivity index (χ4v) is 3.35. The highest BCUT2D eigenvalue weighted by molar-refractivity contribution is 7.15. The molecular weight excluding hydrogens is 298 g/mol. The van der Waals surface area contributed by atoms with Gasteiger partial charge in [0.05, 0.1) is 11.8 Å². The summed E-state index contributed by atoms with van der Waals surface area (Å²) in [4.78, 5) is 19.4. The molecule has 1 saturated heterocycles. The van der Waals surface area contributed by atoms with Gasteiger partial charge in [-0.2, -0.15) is 0 Å². The highest BCUT2D eigenvalue weighted by atomic mass is 32.1. The first kappa shape index (κ1) is 15.0. The highest BCUT2D eigenvalue weighted by Gasteiger charge is 2.25. The van der Waals surface area contributed by atoms with Crippen molar-refractivity contribution in [3.63, 3.8) is 0 Å². The monoisotopic (exact) mass is 317 g/mol. The van der Waals surface area contributed by atoms with Crippen molar-refractivity contribution in [1.82, 2.24) is 9.88 Å². The second-order valence-corrected chi connectivity index (χ2v) is 6.71. The number of likely N-dealkylation sites (tertiary alicyclic amines) is 1. The van der Waals surface area contributed by atoms with E-state index < -0.39 is 6.10 Å². The summed E-state index contributed by atoms with van der Waals surface area (Å²) in [7, 11) is 0. The number of amides is 2. The molecule has 2 heterocycles. The fraction of sp³-hybridized carbons (Fsp3) is 0.375. The molecule has 0 spiro atoms. The van der Waals surface area contributed by atoms with E-state index in [9.17, 15) is 9.90 Å². The Hall–Kier alpha value is -1.92. The van der Waals surface area contributed by atoms with E-state index in [2.05, 4.69) is 22.4 Å². The van der Waals surface area contributed by atoms with Gasteiger partial charge in [0.1, 0.15) is 0 Å². The van der Waals surface area contributed by atoms with Crippen molar-refractivity contribution in [3.05, 3.63) is 46.5 Å². The number of hydrogen-bond acceptors (Lipinski definition) is 4. The molecule has 0 bridgehead atoms. The Bertz CT molecular complexity index is 657. The lowest BCUT2D eigenvalue weighted by atomic mass is 10.1. The first-order valence-corrected chi connectivity index (χ1v) is 8.17. The number of benzene rings is 1. The Labute approximate surface area is 133 Å². The average Bonchev–Trinajstić information content (AvgIpc) is 3.07. The van der Waals surface area contributed by atoms with Gasteiger partial charge in [0.15, 0.2) is 5.13 Å². The molecule has 2 amide bonds. The Morgan fingerprint density at radius 3 is 2.91 bits per heavy atom. The minimum absolute atomic E-state index is 0.184. The molecule has 6 heteroatoms.